The number of aryl methyl sites for hydroxylation is 1. The molecule has 1 aromatic heterocycles. The third-order valence-corrected chi connectivity index (χ3v) is 3.94. The summed E-state index contributed by atoms with van der Waals surface area (Å²) in [5, 5.41) is 3.21. The number of aromatic nitrogens is 1. The Morgan fingerprint density at radius 1 is 1.44 bits per heavy atom. The number of carbonyl (C=O) groups is 2. The Bertz CT molecular complexity index is 607. The summed E-state index contributed by atoms with van der Waals surface area (Å²) in [6.07, 6.45) is 0. The van der Waals surface area contributed by atoms with Crippen LogP contribution in [0.4, 0.5) is 5.13 Å². The summed E-state index contributed by atoms with van der Waals surface area (Å²) in [6.45, 7) is 3.46. The van der Waals surface area contributed by atoms with E-state index in [4.69, 9.17) is 0 Å². The molecule has 0 aliphatic heterocycles. The normalized spacial score (nSPS) is 10.6. The van der Waals surface area contributed by atoms with E-state index in [0.29, 0.717) is 5.13 Å². The molecule has 6 heteroatoms. The molecule has 0 fully saturated rings. The van der Waals surface area contributed by atoms with E-state index in [1.165, 1.54) is 18.3 Å². The molecule has 1 aromatic carbocycles. The van der Waals surface area contributed by atoms with Gasteiger partial charge in [0.05, 0.1) is 16.0 Å². The van der Waals surface area contributed by atoms with Gasteiger partial charge >= 0.3 is 0 Å². The Morgan fingerprint density at radius 2 is 2.22 bits per heavy atom. The first kappa shape index (κ1) is 13.0. The molecule has 0 radical (unpaired) electrons. The van der Waals surface area contributed by atoms with E-state index in [0.717, 1.165) is 27.5 Å². The highest BCUT2D eigenvalue weighted by Gasteiger charge is 2.08. The minimum Gasteiger partial charge on any atom is -0.301 e. The summed E-state index contributed by atoms with van der Waals surface area (Å²) < 4.78 is 1.05. The van der Waals surface area contributed by atoms with Crippen molar-refractivity contribution in [2.24, 2.45) is 0 Å². The first-order valence-electron chi connectivity index (χ1n) is 5.35. The molecule has 0 atom stereocenters. The summed E-state index contributed by atoms with van der Waals surface area (Å²) in [7, 11) is 0. The van der Waals surface area contributed by atoms with Crippen molar-refractivity contribution in [1.82, 2.24) is 4.98 Å². The molecule has 2 aromatic rings. The SMILES string of the molecule is CC(=O)SCC(=O)Nc1nc2ccc(C)cc2s1. The lowest BCUT2D eigenvalue weighted by Gasteiger charge is -1.98. The van der Waals surface area contributed by atoms with E-state index in [2.05, 4.69) is 10.3 Å². The van der Waals surface area contributed by atoms with E-state index in [-0.39, 0.29) is 16.8 Å². The standard InChI is InChI=1S/C12H12N2O2S2/c1-7-3-4-9-10(5-7)18-12(13-9)14-11(16)6-17-8(2)15/h3-5H,6H2,1-2H3,(H,13,14,16). The Balaban J connectivity index is 2.07. The van der Waals surface area contributed by atoms with Gasteiger partial charge in [-0.15, -0.1) is 0 Å². The number of nitrogens with one attached hydrogen (secondary N) is 1. The molecule has 0 bridgehead atoms. The second kappa shape index (κ2) is 5.49. The summed E-state index contributed by atoms with van der Waals surface area (Å²) >= 11 is 2.43. The van der Waals surface area contributed by atoms with Gasteiger partial charge in [0, 0.05) is 6.92 Å². The zero-order valence-corrected chi connectivity index (χ0v) is 11.7. The maximum Gasteiger partial charge on any atom is 0.236 e. The molecule has 94 valence electrons. The second-order valence-electron chi connectivity index (χ2n) is 3.82. The van der Waals surface area contributed by atoms with Gasteiger partial charge in [-0.25, -0.2) is 4.98 Å². The summed E-state index contributed by atoms with van der Waals surface area (Å²) in [5.74, 6) is -0.0735. The molecular weight excluding hydrogens is 268 g/mol. The van der Waals surface area contributed by atoms with Gasteiger partial charge in [0.25, 0.3) is 0 Å². The van der Waals surface area contributed by atoms with Crippen molar-refractivity contribution in [3.05, 3.63) is 23.8 Å². The molecule has 0 unspecified atom stereocenters. The number of carbonyl (C=O) groups excluding carboxylic acids is 2. The van der Waals surface area contributed by atoms with Crippen LogP contribution in [0.2, 0.25) is 0 Å². The summed E-state index contributed by atoms with van der Waals surface area (Å²) in [4.78, 5) is 26.6. The van der Waals surface area contributed by atoms with Crippen LogP contribution in [0.5, 0.6) is 0 Å². The van der Waals surface area contributed by atoms with Crippen LogP contribution in [0.25, 0.3) is 10.2 Å². The number of rotatable bonds is 3. The van der Waals surface area contributed by atoms with Crippen LogP contribution in [0.1, 0.15) is 12.5 Å². The zero-order chi connectivity index (χ0) is 13.1. The van der Waals surface area contributed by atoms with Crippen molar-refractivity contribution < 1.29 is 9.59 Å². The van der Waals surface area contributed by atoms with Crippen molar-refractivity contribution in [3.63, 3.8) is 0 Å². The monoisotopic (exact) mass is 280 g/mol. The molecule has 0 aliphatic carbocycles. The largest absolute Gasteiger partial charge is 0.301 e. The molecule has 18 heavy (non-hydrogen) atoms. The van der Waals surface area contributed by atoms with Crippen LogP contribution in [-0.4, -0.2) is 21.8 Å². The number of thiazole rings is 1. The Morgan fingerprint density at radius 3 is 2.94 bits per heavy atom. The van der Waals surface area contributed by atoms with Crippen molar-refractivity contribution in [2.75, 3.05) is 11.1 Å². The molecule has 1 amide bonds. The number of thioether (sulfide) groups is 1. The predicted octanol–water partition coefficient (Wildman–Crippen LogP) is 2.82. The Labute approximate surface area is 113 Å². The van der Waals surface area contributed by atoms with Crippen molar-refractivity contribution in [1.29, 1.82) is 0 Å². The predicted molar refractivity (Wildman–Crippen MR) is 76.1 cm³/mol. The lowest BCUT2D eigenvalue weighted by molar-refractivity contribution is -0.114. The highest BCUT2D eigenvalue weighted by Crippen LogP contribution is 2.26. The highest BCUT2D eigenvalue weighted by atomic mass is 32.2. The van der Waals surface area contributed by atoms with Crippen molar-refractivity contribution >= 4 is 49.5 Å². The van der Waals surface area contributed by atoms with E-state index in [1.807, 2.05) is 25.1 Å². The zero-order valence-electron chi connectivity index (χ0n) is 10.0. The molecule has 1 N–H and O–H groups in total. The van der Waals surface area contributed by atoms with Gasteiger partial charge in [0.2, 0.25) is 5.91 Å². The fraction of sp³-hybridized carbons (Fsp3) is 0.250. The van der Waals surface area contributed by atoms with E-state index >= 15 is 0 Å². The van der Waals surface area contributed by atoms with E-state index < -0.39 is 0 Å². The first-order chi connectivity index (χ1) is 8.54. The number of benzene rings is 1. The van der Waals surface area contributed by atoms with Crippen LogP contribution in [-0.2, 0) is 9.59 Å². The maximum absolute atomic E-state index is 11.5. The average molecular weight is 280 g/mol. The minimum absolute atomic E-state index is 0.0647. The molecule has 0 aliphatic rings. The Hall–Kier alpha value is -1.40. The fourth-order valence-electron chi connectivity index (χ4n) is 1.41. The number of hydrogen-bond donors (Lipinski definition) is 1. The molecule has 0 saturated carbocycles. The average Bonchev–Trinajstić information content (AvgIpc) is 2.67. The van der Waals surface area contributed by atoms with Crippen molar-refractivity contribution in [2.45, 2.75) is 13.8 Å². The van der Waals surface area contributed by atoms with Crippen LogP contribution >= 0.6 is 23.1 Å². The third kappa shape index (κ3) is 3.30. The number of nitrogens with zero attached hydrogens (tertiary/aromatic N) is 1. The van der Waals surface area contributed by atoms with E-state index in [9.17, 15) is 9.59 Å². The number of anilines is 1. The van der Waals surface area contributed by atoms with Gasteiger partial charge in [-0.05, 0) is 24.6 Å². The lowest BCUT2D eigenvalue weighted by atomic mass is 10.2. The fourth-order valence-corrected chi connectivity index (χ4v) is 2.79. The second-order valence-corrected chi connectivity index (χ2v) is 6.00. The maximum atomic E-state index is 11.5. The van der Waals surface area contributed by atoms with Crippen molar-refractivity contribution in [3.8, 4) is 0 Å². The number of fused-ring (bicyclic) bond motifs is 1. The smallest absolute Gasteiger partial charge is 0.236 e. The quantitative estimate of drug-likeness (QED) is 0.939. The molecule has 1 heterocycles. The topological polar surface area (TPSA) is 59.1 Å². The van der Waals surface area contributed by atoms with Crippen LogP contribution in [0.15, 0.2) is 18.2 Å². The molecule has 4 nitrogen and oxygen atoms in total. The van der Waals surface area contributed by atoms with Crippen LogP contribution < -0.4 is 5.32 Å². The van der Waals surface area contributed by atoms with Gasteiger partial charge in [-0.3, -0.25) is 9.59 Å². The summed E-state index contributed by atoms with van der Waals surface area (Å²) in [6, 6.07) is 5.95. The first-order valence-corrected chi connectivity index (χ1v) is 7.15. The molecule has 2 rings (SSSR count). The highest BCUT2D eigenvalue weighted by molar-refractivity contribution is 8.14. The van der Waals surface area contributed by atoms with Gasteiger partial charge in [-0.2, -0.15) is 0 Å². The van der Waals surface area contributed by atoms with E-state index in [1.54, 1.807) is 0 Å². The van der Waals surface area contributed by atoms with Gasteiger partial charge < -0.3 is 5.32 Å². The lowest BCUT2D eigenvalue weighted by Crippen LogP contribution is -2.14. The van der Waals surface area contributed by atoms with Crippen LogP contribution in [0, 0.1) is 6.92 Å². The van der Waals surface area contributed by atoms with Gasteiger partial charge in [0.15, 0.2) is 10.2 Å². The number of hydrogen-bond acceptors (Lipinski definition) is 5. The molecule has 0 spiro atoms. The van der Waals surface area contributed by atoms with Crippen LogP contribution in [0.3, 0.4) is 0 Å². The third-order valence-electron chi connectivity index (χ3n) is 2.20. The Kier molecular flexibility index (Phi) is 3.98. The molecule has 0 saturated heterocycles. The number of amides is 1. The summed E-state index contributed by atoms with van der Waals surface area (Å²) in [5.41, 5.74) is 2.04. The minimum atomic E-state index is -0.203. The van der Waals surface area contributed by atoms with Gasteiger partial charge in [-0.1, -0.05) is 29.2 Å². The molecular formula is C12H12N2O2S2. The van der Waals surface area contributed by atoms with Gasteiger partial charge in [0.1, 0.15) is 0 Å².